The molecule has 0 bridgehead atoms. The second kappa shape index (κ2) is 5.63. The van der Waals surface area contributed by atoms with Gasteiger partial charge in [-0.25, -0.2) is 4.39 Å². The standard InChI is InChI=1S/C13H15FN2O2S/c1-7-8(5-6-18-7)13(17)16-10-4-2-3-9(14)11(10)12(15)19/h2-4,7-8H,5-6H2,1H3,(H2,15,19)(H,16,17). The fourth-order valence-corrected chi connectivity index (χ4v) is 2.39. The van der Waals surface area contributed by atoms with Crippen LogP contribution in [0.5, 0.6) is 0 Å². The van der Waals surface area contributed by atoms with Gasteiger partial charge >= 0.3 is 0 Å². The van der Waals surface area contributed by atoms with Gasteiger partial charge in [0.1, 0.15) is 10.8 Å². The Labute approximate surface area is 116 Å². The average Bonchev–Trinajstić information content (AvgIpc) is 2.75. The van der Waals surface area contributed by atoms with Gasteiger partial charge in [0, 0.05) is 6.61 Å². The summed E-state index contributed by atoms with van der Waals surface area (Å²) in [6.07, 6.45) is 0.520. The highest BCUT2D eigenvalue weighted by Crippen LogP contribution is 2.24. The quantitative estimate of drug-likeness (QED) is 0.830. The molecule has 2 rings (SSSR count). The first-order chi connectivity index (χ1) is 9.00. The summed E-state index contributed by atoms with van der Waals surface area (Å²) in [6.45, 7) is 2.40. The van der Waals surface area contributed by atoms with Crippen molar-refractivity contribution >= 4 is 28.8 Å². The van der Waals surface area contributed by atoms with Gasteiger partial charge in [-0.15, -0.1) is 0 Å². The minimum absolute atomic E-state index is 0.0671. The Kier molecular flexibility index (Phi) is 4.11. The number of benzene rings is 1. The van der Waals surface area contributed by atoms with E-state index < -0.39 is 5.82 Å². The number of amides is 1. The summed E-state index contributed by atoms with van der Waals surface area (Å²) < 4.78 is 19.0. The van der Waals surface area contributed by atoms with Crippen LogP contribution in [0, 0.1) is 11.7 Å². The summed E-state index contributed by atoms with van der Waals surface area (Å²) >= 11 is 4.81. The van der Waals surface area contributed by atoms with E-state index in [9.17, 15) is 9.18 Å². The van der Waals surface area contributed by atoms with Crippen LogP contribution in [0.3, 0.4) is 0 Å². The molecule has 1 amide bonds. The van der Waals surface area contributed by atoms with E-state index in [1.807, 2.05) is 6.92 Å². The summed E-state index contributed by atoms with van der Waals surface area (Å²) in [5.74, 6) is -0.975. The monoisotopic (exact) mass is 282 g/mol. The number of thiocarbonyl (C=S) groups is 1. The van der Waals surface area contributed by atoms with Crippen molar-refractivity contribution in [3.63, 3.8) is 0 Å². The number of nitrogens with two attached hydrogens (primary N) is 1. The van der Waals surface area contributed by atoms with Gasteiger partial charge in [0.05, 0.1) is 23.3 Å². The van der Waals surface area contributed by atoms with Gasteiger partial charge in [0.25, 0.3) is 0 Å². The van der Waals surface area contributed by atoms with E-state index in [1.54, 1.807) is 6.07 Å². The van der Waals surface area contributed by atoms with E-state index >= 15 is 0 Å². The largest absolute Gasteiger partial charge is 0.389 e. The first kappa shape index (κ1) is 13.9. The molecule has 4 nitrogen and oxygen atoms in total. The molecule has 19 heavy (non-hydrogen) atoms. The Hall–Kier alpha value is -1.53. The highest BCUT2D eigenvalue weighted by Gasteiger charge is 2.31. The molecule has 0 spiro atoms. The molecular formula is C13H15FN2O2S. The van der Waals surface area contributed by atoms with Gasteiger partial charge in [-0.3, -0.25) is 4.79 Å². The minimum atomic E-state index is -0.541. The number of halogens is 1. The molecular weight excluding hydrogens is 267 g/mol. The van der Waals surface area contributed by atoms with E-state index in [0.717, 1.165) is 0 Å². The third-order valence-corrected chi connectivity index (χ3v) is 3.44. The smallest absolute Gasteiger partial charge is 0.230 e. The number of hydrogen-bond acceptors (Lipinski definition) is 3. The van der Waals surface area contributed by atoms with Gasteiger partial charge in [0.2, 0.25) is 5.91 Å². The minimum Gasteiger partial charge on any atom is -0.389 e. The molecule has 1 fully saturated rings. The van der Waals surface area contributed by atoms with Gasteiger partial charge < -0.3 is 15.8 Å². The number of carbonyl (C=O) groups excluding carboxylic acids is 1. The normalized spacial score (nSPS) is 22.2. The number of nitrogens with one attached hydrogen (secondary N) is 1. The Balaban J connectivity index is 2.21. The van der Waals surface area contributed by atoms with Gasteiger partial charge in [-0.05, 0) is 25.5 Å². The van der Waals surface area contributed by atoms with Crippen LogP contribution in [0.4, 0.5) is 10.1 Å². The van der Waals surface area contributed by atoms with Crippen LogP contribution in [0.1, 0.15) is 18.9 Å². The van der Waals surface area contributed by atoms with Gasteiger partial charge in [0.15, 0.2) is 0 Å². The van der Waals surface area contributed by atoms with E-state index in [4.69, 9.17) is 22.7 Å². The predicted molar refractivity (Wildman–Crippen MR) is 74.4 cm³/mol. The number of ether oxygens (including phenoxy) is 1. The molecule has 1 aliphatic heterocycles. The van der Waals surface area contributed by atoms with Crippen molar-refractivity contribution in [3.8, 4) is 0 Å². The maximum absolute atomic E-state index is 13.7. The van der Waals surface area contributed by atoms with Crippen LogP contribution < -0.4 is 11.1 Å². The highest BCUT2D eigenvalue weighted by molar-refractivity contribution is 7.80. The number of anilines is 1. The van der Waals surface area contributed by atoms with Crippen LogP contribution in [-0.2, 0) is 9.53 Å². The lowest BCUT2D eigenvalue weighted by molar-refractivity contribution is -0.121. The summed E-state index contributed by atoms with van der Waals surface area (Å²) in [5.41, 5.74) is 5.86. The maximum atomic E-state index is 13.7. The third-order valence-electron chi connectivity index (χ3n) is 3.23. The van der Waals surface area contributed by atoms with E-state index in [0.29, 0.717) is 18.7 Å². The number of hydrogen-bond donors (Lipinski definition) is 2. The Bertz CT molecular complexity index is 521. The lowest BCUT2D eigenvalue weighted by Gasteiger charge is -2.16. The zero-order chi connectivity index (χ0) is 14.0. The molecule has 3 N–H and O–H groups in total. The molecule has 1 heterocycles. The van der Waals surface area contributed by atoms with Gasteiger partial charge in [-0.1, -0.05) is 18.3 Å². The van der Waals surface area contributed by atoms with Gasteiger partial charge in [-0.2, -0.15) is 0 Å². The zero-order valence-electron chi connectivity index (χ0n) is 10.5. The predicted octanol–water partition coefficient (Wildman–Crippen LogP) is 1.82. The van der Waals surface area contributed by atoms with Crippen LogP contribution in [-0.4, -0.2) is 23.6 Å². The van der Waals surface area contributed by atoms with Crippen molar-refractivity contribution in [3.05, 3.63) is 29.6 Å². The van der Waals surface area contributed by atoms with Crippen molar-refractivity contribution in [1.29, 1.82) is 0 Å². The molecule has 6 heteroatoms. The summed E-state index contributed by atoms with van der Waals surface area (Å²) in [4.78, 5) is 12.0. The summed E-state index contributed by atoms with van der Waals surface area (Å²) in [5, 5.41) is 2.68. The summed E-state index contributed by atoms with van der Waals surface area (Å²) in [7, 11) is 0. The summed E-state index contributed by atoms with van der Waals surface area (Å²) in [6, 6.07) is 4.34. The first-order valence-electron chi connectivity index (χ1n) is 6.01. The molecule has 2 atom stereocenters. The molecule has 0 aliphatic carbocycles. The molecule has 0 radical (unpaired) electrons. The number of carbonyl (C=O) groups is 1. The first-order valence-corrected chi connectivity index (χ1v) is 6.42. The van der Waals surface area contributed by atoms with E-state index in [-0.39, 0.29) is 28.5 Å². The molecule has 0 saturated carbocycles. The van der Waals surface area contributed by atoms with E-state index in [2.05, 4.69) is 5.32 Å². The second-order valence-corrected chi connectivity index (χ2v) is 4.93. The highest BCUT2D eigenvalue weighted by atomic mass is 32.1. The molecule has 0 aromatic heterocycles. The van der Waals surface area contributed by atoms with Crippen molar-refractivity contribution < 1.29 is 13.9 Å². The van der Waals surface area contributed by atoms with Crippen LogP contribution >= 0.6 is 12.2 Å². The second-order valence-electron chi connectivity index (χ2n) is 4.49. The number of rotatable bonds is 3. The van der Waals surface area contributed by atoms with Crippen molar-refractivity contribution in [1.82, 2.24) is 0 Å². The van der Waals surface area contributed by atoms with Crippen LogP contribution in [0.15, 0.2) is 18.2 Å². The lowest BCUT2D eigenvalue weighted by atomic mass is 10.0. The molecule has 1 saturated heterocycles. The third kappa shape index (κ3) is 2.90. The average molecular weight is 282 g/mol. The Morgan fingerprint density at radius 2 is 2.32 bits per heavy atom. The maximum Gasteiger partial charge on any atom is 0.230 e. The van der Waals surface area contributed by atoms with E-state index in [1.165, 1.54) is 12.1 Å². The lowest BCUT2D eigenvalue weighted by Crippen LogP contribution is -2.29. The van der Waals surface area contributed by atoms with Crippen molar-refractivity contribution in [2.24, 2.45) is 11.7 Å². The molecule has 102 valence electrons. The van der Waals surface area contributed by atoms with Crippen molar-refractivity contribution in [2.75, 3.05) is 11.9 Å². The fraction of sp³-hybridized carbons (Fsp3) is 0.385. The van der Waals surface area contributed by atoms with Crippen LogP contribution in [0.2, 0.25) is 0 Å². The van der Waals surface area contributed by atoms with Crippen molar-refractivity contribution in [2.45, 2.75) is 19.4 Å². The molecule has 1 aromatic carbocycles. The Morgan fingerprint density at radius 3 is 2.89 bits per heavy atom. The Morgan fingerprint density at radius 1 is 1.58 bits per heavy atom. The molecule has 1 aliphatic rings. The fourth-order valence-electron chi connectivity index (χ4n) is 2.18. The SMILES string of the molecule is CC1OCCC1C(=O)Nc1cccc(F)c1C(N)=S. The topological polar surface area (TPSA) is 64.3 Å². The molecule has 2 unspecified atom stereocenters. The molecule has 1 aromatic rings. The van der Waals surface area contributed by atoms with Crippen LogP contribution in [0.25, 0.3) is 0 Å². The zero-order valence-corrected chi connectivity index (χ0v) is 11.3.